The lowest BCUT2D eigenvalue weighted by Gasteiger charge is -2.17. The Morgan fingerprint density at radius 3 is 2.57 bits per heavy atom. The molecule has 7 heteroatoms. The van der Waals surface area contributed by atoms with Crippen LogP contribution in [0.3, 0.4) is 0 Å². The van der Waals surface area contributed by atoms with Gasteiger partial charge in [0.05, 0.1) is 11.0 Å². The van der Waals surface area contributed by atoms with E-state index in [0.717, 1.165) is 4.47 Å². The fourth-order valence-corrected chi connectivity index (χ4v) is 2.75. The Bertz CT molecular complexity index is 695. The van der Waals surface area contributed by atoms with Gasteiger partial charge >= 0.3 is 0 Å². The van der Waals surface area contributed by atoms with E-state index in [1.165, 1.54) is 18.2 Å². The largest absolute Gasteiger partial charge is 0.377 e. The Hall–Kier alpha value is -1.47. The van der Waals surface area contributed by atoms with Crippen LogP contribution in [0.2, 0.25) is 0 Å². The van der Waals surface area contributed by atoms with Gasteiger partial charge in [-0.2, -0.15) is 0 Å². The molecule has 0 radical (unpaired) electrons. The smallest absolute Gasteiger partial charge is 0.270 e. The third-order valence-corrected chi connectivity index (χ3v) is 4.11. The molecule has 1 atom stereocenters. The number of nitro groups is 1. The van der Waals surface area contributed by atoms with Crippen molar-refractivity contribution in [3.05, 3.63) is 66.8 Å². The van der Waals surface area contributed by atoms with E-state index in [9.17, 15) is 14.5 Å². The molecule has 110 valence electrons. The summed E-state index contributed by atoms with van der Waals surface area (Å²) in [6.07, 6.45) is 0. The van der Waals surface area contributed by atoms with Gasteiger partial charge in [-0.25, -0.2) is 4.39 Å². The summed E-state index contributed by atoms with van der Waals surface area (Å²) < 4.78 is 15.2. The molecule has 0 saturated carbocycles. The summed E-state index contributed by atoms with van der Waals surface area (Å²) >= 11 is 6.59. The van der Waals surface area contributed by atoms with E-state index in [2.05, 4.69) is 37.2 Å². The van der Waals surface area contributed by atoms with Gasteiger partial charge in [0.15, 0.2) is 0 Å². The van der Waals surface area contributed by atoms with Gasteiger partial charge in [0.25, 0.3) is 5.69 Å². The minimum absolute atomic E-state index is 0.00582. The molecule has 0 saturated heterocycles. The monoisotopic (exact) mass is 416 g/mol. The molecule has 0 aliphatic heterocycles. The van der Waals surface area contributed by atoms with Gasteiger partial charge in [-0.1, -0.05) is 15.9 Å². The number of non-ortho nitro benzene ring substituents is 1. The zero-order valence-electron chi connectivity index (χ0n) is 10.9. The fourth-order valence-electron chi connectivity index (χ4n) is 1.89. The molecule has 0 amide bonds. The molecule has 0 aliphatic rings. The quantitative estimate of drug-likeness (QED) is 0.532. The second-order valence-corrected chi connectivity index (χ2v) is 6.22. The normalized spacial score (nSPS) is 12.0. The molecule has 2 rings (SSSR count). The summed E-state index contributed by atoms with van der Waals surface area (Å²) in [7, 11) is 0. The molecule has 1 N–H and O–H groups in total. The summed E-state index contributed by atoms with van der Waals surface area (Å²) in [5.41, 5.74) is 1.16. The SMILES string of the molecule is CC(Nc1ccc([N+](=O)[O-])cc1Br)c1cc(Br)ccc1F. The number of halogens is 3. The molecular weight excluding hydrogens is 407 g/mol. The topological polar surface area (TPSA) is 55.2 Å². The van der Waals surface area contributed by atoms with Crippen LogP contribution in [-0.2, 0) is 0 Å². The summed E-state index contributed by atoms with van der Waals surface area (Å²) in [6, 6.07) is 8.83. The second-order valence-electron chi connectivity index (χ2n) is 4.45. The van der Waals surface area contributed by atoms with E-state index in [-0.39, 0.29) is 17.5 Å². The molecule has 1 unspecified atom stereocenters. The molecule has 2 aromatic carbocycles. The number of hydrogen-bond donors (Lipinski definition) is 1. The number of nitro benzene ring substituents is 1. The molecule has 21 heavy (non-hydrogen) atoms. The second kappa shape index (κ2) is 6.53. The van der Waals surface area contributed by atoms with Crippen molar-refractivity contribution in [3.8, 4) is 0 Å². The molecular formula is C14H11Br2FN2O2. The number of hydrogen-bond acceptors (Lipinski definition) is 3. The highest BCUT2D eigenvalue weighted by atomic mass is 79.9. The Kier molecular flexibility index (Phi) is 4.95. The van der Waals surface area contributed by atoms with Gasteiger partial charge in [0, 0.05) is 32.3 Å². The van der Waals surface area contributed by atoms with Crippen molar-refractivity contribution in [2.24, 2.45) is 0 Å². The highest BCUT2D eigenvalue weighted by Gasteiger charge is 2.14. The average molecular weight is 418 g/mol. The van der Waals surface area contributed by atoms with Crippen LogP contribution in [0, 0.1) is 15.9 Å². The average Bonchev–Trinajstić information content (AvgIpc) is 2.43. The maximum Gasteiger partial charge on any atom is 0.270 e. The molecule has 0 fully saturated rings. The third kappa shape index (κ3) is 3.79. The lowest BCUT2D eigenvalue weighted by Crippen LogP contribution is -2.09. The van der Waals surface area contributed by atoms with Gasteiger partial charge in [-0.3, -0.25) is 10.1 Å². The zero-order valence-corrected chi connectivity index (χ0v) is 14.1. The maximum absolute atomic E-state index is 13.8. The van der Waals surface area contributed by atoms with Crippen molar-refractivity contribution < 1.29 is 9.31 Å². The summed E-state index contributed by atoms with van der Waals surface area (Å²) in [5.74, 6) is -0.309. The van der Waals surface area contributed by atoms with Crippen molar-refractivity contribution in [2.45, 2.75) is 13.0 Å². The van der Waals surface area contributed by atoms with E-state index in [0.29, 0.717) is 15.7 Å². The fraction of sp³-hybridized carbons (Fsp3) is 0.143. The van der Waals surface area contributed by atoms with Crippen LogP contribution in [0.1, 0.15) is 18.5 Å². The Labute approximate surface area is 137 Å². The Morgan fingerprint density at radius 2 is 1.95 bits per heavy atom. The predicted octanol–water partition coefficient (Wildman–Crippen LogP) is 5.43. The van der Waals surface area contributed by atoms with E-state index >= 15 is 0 Å². The molecule has 0 aromatic heterocycles. The zero-order chi connectivity index (χ0) is 15.6. The standard InChI is InChI=1S/C14H11Br2FN2O2/c1-8(11-6-9(15)2-4-13(11)17)18-14-5-3-10(19(20)21)7-12(14)16/h2-8,18H,1H3. The highest BCUT2D eigenvalue weighted by molar-refractivity contribution is 9.10. The lowest BCUT2D eigenvalue weighted by molar-refractivity contribution is -0.384. The van der Waals surface area contributed by atoms with E-state index in [4.69, 9.17) is 0 Å². The highest BCUT2D eigenvalue weighted by Crippen LogP contribution is 2.31. The predicted molar refractivity (Wildman–Crippen MR) is 86.9 cm³/mol. The first kappa shape index (κ1) is 15.9. The minimum Gasteiger partial charge on any atom is -0.377 e. The Balaban J connectivity index is 2.25. The van der Waals surface area contributed by atoms with Crippen molar-refractivity contribution in [3.63, 3.8) is 0 Å². The summed E-state index contributed by atoms with van der Waals surface area (Å²) in [5, 5.41) is 13.8. The van der Waals surface area contributed by atoms with Crippen molar-refractivity contribution in [1.29, 1.82) is 0 Å². The first-order valence-electron chi connectivity index (χ1n) is 6.04. The van der Waals surface area contributed by atoms with Crippen molar-refractivity contribution in [1.82, 2.24) is 0 Å². The number of nitrogens with zero attached hydrogens (tertiary/aromatic N) is 1. The van der Waals surface area contributed by atoms with Gasteiger partial charge in [0.2, 0.25) is 0 Å². The number of anilines is 1. The summed E-state index contributed by atoms with van der Waals surface area (Å²) in [4.78, 5) is 10.2. The van der Waals surface area contributed by atoms with Gasteiger partial charge in [-0.15, -0.1) is 0 Å². The summed E-state index contributed by atoms with van der Waals surface area (Å²) in [6.45, 7) is 1.82. The van der Waals surface area contributed by atoms with Crippen LogP contribution in [0.4, 0.5) is 15.8 Å². The van der Waals surface area contributed by atoms with Crippen LogP contribution in [-0.4, -0.2) is 4.92 Å². The van der Waals surface area contributed by atoms with Crippen LogP contribution in [0.25, 0.3) is 0 Å². The first-order valence-corrected chi connectivity index (χ1v) is 7.62. The van der Waals surface area contributed by atoms with Crippen LogP contribution < -0.4 is 5.32 Å². The van der Waals surface area contributed by atoms with Crippen LogP contribution in [0.5, 0.6) is 0 Å². The molecule has 0 aliphatic carbocycles. The number of benzene rings is 2. The van der Waals surface area contributed by atoms with Crippen molar-refractivity contribution in [2.75, 3.05) is 5.32 Å². The molecule has 0 spiro atoms. The van der Waals surface area contributed by atoms with E-state index < -0.39 is 4.92 Å². The number of nitrogens with one attached hydrogen (secondary N) is 1. The molecule has 2 aromatic rings. The van der Waals surface area contributed by atoms with Gasteiger partial charge < -0.3 is 5.32 Å². The first-order chi connectivity index (χ1) is 9.88. The molecule has 0 bridgehead atoms. The van der Waals surface area contributed by atoms with E-state index in [1.54, 1.807) is 18.2 Å². The van der Waals surface area contributed by atoms with Gasteiger partial charge in [-0.05, 0) is 47.1 Å². The van der Waals surface area contributed by atoms with Crippen LogP contribution in [0.15, 0.2) is 45.3 Å². The molecule has 0 heterocycles. The lowest BCUT2D eigenvalue weighted by atomic mass is 10.1. The number of rotatable bonds is 4. The maximum atomic E-state index is 13.8. The molecule has 4 nitrogen and oxygen atoms in total. The van der Waals surface area contributed by atoms with E-state index in [1.807, 2.05) is 6.92 Å². The van der Waals surface area contributed by atoms with Gasteiger partial charge in [0.1, 0.15) is 5.82 Å². The van der Waals surface area contributed by atoms with Crippen LogP contribution >= 0.6 is 31.9 Å². The minimum atomic E-state index is -0.466. The van der Waals surface area contributed by atoms with Crippen molar-refractivity contribution >= 4 is 43.2 Å². The Morgan fingerprint density at radius 1 is 1.24 bits per heavy atom. The third-order valence-electron chi connectivity index (χ3n) is 2.96.